The summed E-state index contributed by atoms with van der Waals surface area (Å²) in [4.78, 5) is 18.4. The van der Waals surface area contributed by atoms with Crippen molar-refractivity contribution in [3.63, 3.8) is 0 Å². The van der Waals surface area contributed by atoms with Crippen LogP contribution in [0.2, 0.25) is 0 Å². The highest BCUT2D eigenvalue weighted by molar-refractivity contribution is 6.12. The number of fused-ring (bicyclic) bond motifs is 12. The molecule has 5 unspecified atom stereocenters. The molecule has 16 aromatic rings. The zero-order valence-electron chi connectivity index (χ0n) is 94.3. The third kappa shape index (κ3) is 16.1. The lowest BCUT2D eigenvalue weighted by atomic mass is 9.90. The molecule has 0 amide bonds. The quantitative estimate of drug-likeness (QED) is 0.111. The maximum atomic E-state index is 8.42. The van der Waals surface area contributed by atoms with Crippen molar-refractivity contribution in [2.75, 3.05) is 0 Å². The number of furan rings is 4. The van der Waals surface area contributed by atoms with Crippen molar-refractivity contribution in [2.45, 2.75) is 200 Å². The van der Waals surface area contributed by atoms with Crippen molar-refractivity contribution in [2.24, 2.45) is 39.5 Å². The summed E-state index contributed by atoms with van der Waals surface area (Å²) in [5.74, 6) is -9.48. The van der Waals surface area contributed by atoms with Crippen LogP contribution in [-0.4, -0.2) is 19.9 Å². The fraction of sp³-hybridized carbons (Fsp3) is 0.360. The van der Waals surface area contributed by atoms with Gasteiger partial charge >= 0.3 is 0 Å². The molecule has 5 atom stereocenters. The Morgan fingerprint density at radius 3 is 0.982 bits per heavy atom. The molecule has 0 aliphatic carbocycles. The lowest BCUT2D eigenvalue weighted by Gasteiger charge is -2.16. The van der Waals surface area contributed by atoms with Gasteiger partial charge in [0.1, 0.15) is 28.2 Å². The number of hydrogen-bond donors (Lipinski definition) is 0. The highest BCUT2D eigenvalue weighted by atomic mass is 16.4. The molecule has 0 aliphatic rings. The van der Waals surface area contributed by atoms with E-state index in [-0.39, 0.29) is 24.0 Å². The van der Waals surface area contributed by atoms with Gasteiger partial charge in [-0.05, 0) is 176 Å². The number of rotatable bonds is 12. The lowest BCUT2D eigenvalue weighted by molar-refractivity contribution is -0.661. The van der Waals surface area contributed by atoms with E-state index in [1.54, 1.807) is 116 Å². The van der Waals surface area contributed by atoms with E-state index in [2.05, 4.69) is 60.0 Å². The van der Waals surface area contributed by atoms with Crippen LogP contribution in [0.15, 0.2) is 188 Å². The molecule has 12 heterocycles. The second-order valence-electron chi connectivity index (χ2n) is 31.2. The summed E-state index contributed by atoms with van der Waals surface area (Å²) in [6.07, 6.45) is 6.39. The smallest absolute Gasteiger partial charge is 0.227 e. The van der Waals surface area contributed by atoms with Crippen LogP contribution in [0.4, 0.5) is 0 Å². The van der Waals surface area contributed by atoms with Crippen LogP contribution in [0.25, 0.3) is 133 Å². The Morgan fingerprint density at radius 1 is 0.348 bits per heavy atom. The Balaban J connectivity index is 0.000000157. The summed E-state index contributed by atoms with van der Waals surface area (Å²) >= 11 is 0. The van der Waals surface area contributed by atoms with Crippen LogP contribution in [0.1, 0.15) is 258 Å². The number of aromatic nitrogens is 8. The molecule has 112 heavy (non-hydrogen) atoms. The average Bonchev–Trinajstić information content (AvgIpc) is 1.57. The number of aryl methyl sites for hydroxylation is 8. The zero-order valence-corrected chi connectivity index (χ0v) is 67.3. The van der Waals surface area contributed by atoms with Gasteiger partial charge in [0.25, 0.3) is 0 Å². The Kier molecular flexibility index (Phi) is 14.5. The van der Waals surface area contributed by atoms with Crippen LogP contribution >= 0.6 is 0 Å². The second-order valence-corrected chi connectivity index (χ2v) is 31.2. The summed E-state index contributed by atoms with van der Waals surface area (Å²) in [6.45, 7) is 8.31. The standard InChI is InChI=1S/C26H31N2O.2C25H29N2O.C24H27N2O/c1-16(2)18-9-13-22(28(7)15-18)23-17(3)8-11-20-21-12-10-19(14-26(4,5)6)27-25(21)29-24(20)23;1-15(2)17-9-12-20(27(7)14-17)22-16(3)8-10-18-19-11-13-21(25(4,5)6)26-24(19)28-23(18)22;1-15(2)13-19-9-11-21-20-10-7-17(5)23(24(20)28-25(21)26-19)22-12-8-18(16(3)4)14-27(22)6;1-14(2)17-8-12-21(26(6)13-17)22-16(5)7-9-18-19-10-11-20(15(3)4)25-24(19)27-23(18)22/h8-13,15-16H,14H2,1-7H3;8-15H,1-7H3;7-12,14-16H,13H2,1-6H3;7-15H,1-6H3/q4*+1/i1D3,4D3,5D3,16D;1D3,15D;1D3,3D3,15D,16D;1D3,14D,15D. The van der Waals surface area contributed by atoms with E-state index >= 15 is 0 Å². The highest BCUT2D eigenvalue weighted by Gasteiger charge is 2.29. The molecule has 12 aromatic heterocycles. The molecule has 4 aromatic carbocycles. The molecule has 0 bridgehead atoms. The average molecular weight is 1520 g/mol. The van der Waals surface area contributed by atoms with Gasteiger partial charge in [-0.1, -0.05) is 173 Å². The molecule has 12 nitrogen and oxygen atoms in total. The molecule has 576 valence electrons. The second kappa shape index (κ2) is 31.4. The molecule has 12 heteroatoms. The molecule has 0 spiro atoms. The first-order chi connectivity index (χ1) is 63.6. The van der Waals surface area contributed by atoms with Crippen LogP contribution in [0, 0.1) is 39.0 Å². The maximum Gasteiger partial charge on any atom is 0.227 e. The Bertz CT molecular complexity index is 7250. The molecular weight excluding hydrogens is 1380 g/mol. The summed E-state index contributed by atoms with van der Waals surface area (Å²) in [5.41, 5.74) is 16.7. The topological polar surface area (TPSA) is 120 Å². The van der Waals surface area contributed by atoms with E-state index in [0.717, 1.165) is 116 Å². The first-order valence-electron chi connectivity index (χ1n) is 50.9. The monoisotopic (exact) mass is 1520 g/mol. The molecule has 16 rings (SSSR count). The fourth-order valence-corrected chi connectivity index (χ4v) is 14.5. The van der Waals surface area contributed by atoms with Crippen LogP contribution in [0.3, 0.4) is 0 Å². The fourth-order valence-electron chi connectivity index (χ4n) is 14.5. The predicted molar refractivity (Wildman–Crippen MR) is 462 cm³/mol. The van der Waals surface area contributed by atoms with Gasteiger partial charge in [-0.3, -0.25) is 0 Å². The van der Waals surface area contributed by atoms with Gasteiger partial charge in [-0.15, -0.1) is 0 Å². The van der Waals surface area contributed by atoms with Crippen molar-refractivity contribution in [1.82, 2.24) is 19.9 Å². The van der Waals surface area contributed by atoms with E-state index < -0.39 is 88.7 Å². The van der Waals surface area contributed by atoms with Crippen LogP contribution in [-0.2, 0) is 46.4 Å². The van der Waals surface area contributed by atoms with Gasteiger partial charge < -0.3 is 17.7 Å². The molecular formula is C100H116N8O4+4. The summed E-state index contributed by atoms with van der Waals surface area (Å²) in [6, 6.07) is 44.8. The third-order valence-corrected chi connectivity index (χ3v) is 20.5. The van der Waals surface area contributed by atoms with E-state index in [1.165, 1.54) is 41.5 Å². The van der Waals surface area contributed by atoms with Crippen molar-refractivity contribution in [3.8, 4) is 45.0 Å². The van der Waals surface area contributed by atoms with Gasteiger partial charge in [0.2, 0.25) is 45.6 Å². The summed E-state index contributed by atoms with van der Waals surface area (Å²) in [7, 11) is 7.28. The number of nitrogens with zero attached hydrogens (tertiary/aromatic N) is 8. The zero-order chi connectivity index (χ0) is 103. The van der Waals surface area contributed by atoms with Gasteiger partial charge in [0.15, 0.2) is 47.1 Å². The molecule has 0 saturated heterocycles. The lowest BCUT2D eigenvalue weighted by Crippen LogP contribution is -2.31. The number of benzene rings is 4. The molecule has 0 saturated carbocycles. The highest BCUT2D eigenvalue weighted by Crippen LogP contribution is 2.43. The van der Waals surface area contributed by atoms with Crippen molar-refractivity contribution >= 4 is 88.3 Å². The Hall–Kier alpha value is -10.7. The van der Waals surface area contributed by atoms with Crippen molar-refractivity contribution in [1.29, 1.82) is 0 Å². The first kappa shape index (κ1) is 51.8. The van der Waals surface area contributed by atoms with Crippen LogP contribution < -0.4 is 18.3 Å². The molecule has 0 radical (unpaired) electrons. The van der Waals surface area contributed by atoms with E-state index in [9.17, 15) is 0 Å². The Morgan fingerprint density at radius 2 is 0.661 bits per heavy atom. The number of hydrogen-bond acceptors (Lipinski definition) is 8. The maximum absolute atomic E-state index is 8.42. The SMILES string of the molecule is [2H]C(C)(C)c1ccc2c(n1)oc1c(-c3ccc(C([2H])(C)C([2H])([2H])[2H])c[n+]3C)c(C)ccc12.[2H]C([2H])([2H])C([2H])(C)Cc1ccc2c(n1)oc1c(-c3ccc(C([2H])(C)C([2H])([2H])[2H])c[n+]3C)c(C)ccc12.[2H]C([2H])([2H])C([2H])(C)c1ccc(-c2c(C)ccc3c2oc2nc(C(C)(C)C)ccc23)[n+](C)c1.[2H]C([2H])([2H])C([2H])(C)c1ccc(-c2c(C)ccc3c2oc2nc(CC(C)(C([2H])([2H])[2H])C([2H])([2H])[2H])ccc23)[n+](C)c1. The first-order valence-corrected chi connectivity index (χ1v) is 37.4. The minimum Gasteiger partial charge on any atom is -0.437 e. The van der Waals surface area contributed by atoms with Crippen molar-refractivity contribution in [3.05, 3.63) is 238 Å². The summed E-state index contributed by atoms with van der Waals surface area (Å²) < 4.78 is 245. The normalized spacial score (nSPS) is 19.3. The minimum atomic E-state index is -2.73. The van der Waals surface area contributed by atoms with Gasteiger partial charge in [0, 0.05) is 155 Å². The molecule has 0 fully saturated rings. The minimum absolute atomic E-state index is 0.0474. The van der Waals surface area contributed by atoms with E-state index in [1.807, 2.05) is 118 Å². The van der Waals surface area contributed by atoms with E-state index in [0.29, 0.717) is 78.6 Å². The third-order valence-electron chi connectivity index (χ3n) is 20.5. The van der Waals surface area contributed by atoms with E-state index in [4.69, 9.17) is 59.7 Å². The van der Waals surface area contributed by atoms with Gasteiger partial charge in [-0.2, -0.15) is 0 Å². The summed E-state index contributed by atoms with van der Waals surface area (Å²) in [5, 5.41) is 6.85. The Labute approximate surface area is 700 Å². The largest absolute Gasteiger partial charge is 0.437 e. The van der Waals surface area contributed by atoms with Gasteiger partial charge in [-0.25, -0.2) is 38.2 Å². The predicted octanol–water partition coefficient (Wildman–Crippen LogP) is 24.8. The van der Waals surface area contributed by atoms with Gasteiger partial charge in [0.05, 0.1) is 22.3 Å². The molecule has 0 aliphatic heterocycles. The van der Waals surface area contributed by atoms with Crippen LogP contribution in [0.5, 0.6) is 0 Å². The van der Waals surface area contributed by atoms with Crippen molar-refractivity contribution < 1.29 is 72.9 Å². The molecule has 0 N–H and O–H groups in total. The number of pyridine rings is 8.